The molecule has 0 aromatic heterocycles. The molecular formula is C10H19N3O2. The molecule has 1 aliphatic rings. The van der Waals surface area contributed by atoms with Crippen LogP contribution in [0.3, 0.4) is 0 Å². The highest BCUT2D eigenvalue weighted by Crippen LogP contribution is 2.08. The van der Waals surface area contributed by atoms with E-state index in [9.17, 15) is 9.59 Å². The number of nitrogens with one attached hydrogen (secondary N) is 2. The van der Waals surface area contributed by atoms with E-state index in [2.05, 4.69) is 17.6 Å². The number of hydrogen-bond donors (Lipinski definition) is 2. The second-order valence-corrected chi connectivity index (χ2v) is 3.98. The van der Waals surface area contributed by atoms with Gasteiger partial charge >= 0.3 is 0 Å². The molecule has 1 rings (SSSR count). The summed E-state index contributed by atoms with van der Waals surface area (Å²) in [5, 5.41) is 5.83. The van der Waals surface area contributed by atoms with E-state index >= 15 is 0 Å². The second kappa shape index (κ2) is 5.11. The molecule has 15 heavy (non-hydrogen) atoms. The number of rotatable bonds is 2. The van der Waals surface area contributed by atoms with Gasteiger partial charge in [0.2, 0.25) is 11.8 Å². The van der Waals surface area contributed by atoms with Crippen molar-refractivity contribution in [2.24, 2.45) is 0 Å². The van der Waals surface area contributed by atoms with Crippen LogP contribution in [-0.2, 0) is 9.59 Å². The highest BCUT2D eigenvalue weighted by molar-refractivity contribution is 5.84. The Balaban J connectivity index is 2.47. The Hall–Kier alpha value is -1.10. The van der Waals surface area contributed by atoms with E-state index in [0.717, 1.165) is 6.54 Å². The van der Waals surface area contributed by atoms with Gasteiger partial charge in [-0.25, -0.2) is 0 Å². The third-order valence-corrected chi connectivity index (χ3v) is 2.84. The quantitative estimate of drug-likeness (QED) is 0.639. The molecular weight excluding hydrogens is 194 g/mol. The zero-order valence-electron chi connectivity index (χ0n) is 9.54. The Morgan fingerprint density at radius 2 is 2.13 bits per heavy atom. The molecule has 5 nitrogen and oxygen atoms in total. The van der Waals surface area contributed by atoms with Crippen LogP contribution in [-0.4, -0.2) is 48.4 Å². The summed E-state index contributed by atoms with van der Waals surface area (Å²) in [5.41, 5.74) is 0. The first kappa shape index (κ1) is 12.0. The molecule has 0 saturated carbocycles. The fourth-order valence-corrected chi connectivity index (χ4v) is 1.71. The molecule has 0 spiro atoms. The maximum Gasteiger partial charge on any atom is 0.242 e. The highest BCUT2D eigenvalue weighted by Gasteiger charge is 2.27. The van der Waals surface area contributed by atoms with E-state index in [1.54, 1.807) is 0 Å². The molecule has 5 heteroatoms. The zero-order valence-corrected chi connectivity index (χ0v) is 9.54. The average molecular weight is 213 g/mol. The Kier molecular flexibility index (Phi) is 4.08. The van der Waals surface area contributed by atoms with Gasteiger partial charge in [-0.05, 0) is 13.8 Å². The Morgan fingerprint density at radius 1 is 1.47 bits per heavy atom. The third-order valence-electron chi connectivity index (χ3n) is 2.84. The van der Waals surface area contributed by atoms with Crippen LogP contribution in [0.15, 0.2) is 0 Å². The lowest BCUT2D eigenvalue weighted by molar-refractivity contribution is -0.135. The van der Waals surface area contributed by atoms with Gasteiger partial charge in [0.15, 0.2) is 0 Å². The molecule has 2 unspecified atom stereocenters. The first-order valence-corrected chi connectivity index (χ1v) is 5.29. The molecule has 86 valence electrons. The summed E-state index contributed by atoms with van der Waals surface area (Å²) in [5.74, 6) is -0.176. The monoisotopic (exact) mass is 213 g/mol. The van der Waals surface area contributed by atoms with Crippen molar-refractivity contribution in [1.82, 2.24) is 15.5 Å². The molecule has 0 aromatic carbocycles. The van der Waals surface area contributed by atoms with Crippen molar-refractivity contribution in [3.05, 3.63) is 0 Å². The maximum atomic E-state index is 11.7. The molecule has 0 radical (unpaired) electrons. The fraction of sp³-hybridized carbons (Fsp3) is 0.800. The van der Waals surface area contributed by atoms with Crippen LogP contribution in [0.25, 0.3) is 0 Å². The first-order valence-electron chi connectivity index (χ1n) is 5.29. The summed E-state index contributed by atoms with van der Waals surface area (Å²) in [7, 11) is 0. The van der Waals surface area contributed by atoms with Crippen molar-refractivity contribution in [2.75, 3.05) is 19.6 Å². The molecule has 2 atom stereocenters. The largest absolute Gasteiger partial charge is 0.347 e. The Labute approximate surface area is 90.2 Å². The molecule has 0 bridgehead atoms. The van der Waals surface area contributed by atoms with E-state index in [1.165, 1.54) is 6.92 Å². The van der Waals surface area contributed by atoms with Gasteiger partial charge in [0.05, 0.1) is 6.54 Å². The van der Waals surface area contributed by atoms with E-state index in [-0.39, 0.29) is 24.4 Å². The lowest BCUT2D eigenvalue weighted by Gasteiger charge is -2.38. The van der Waals surface area contributed by atoms with Crippen LogP contribution in [0.4, 0.5) is 0 Å². The van der Waals surface area contributed by atoms with E-state index in [0.29, 0.717) is 12.6 Å². The zero-order chi connectivity index (χ0) is 11.4. The topological polar surface area (TPSA) is 61.4 Å². The van der Waals surface area contributed by atoms with Gasteiger partial charge < -0.3 is 15.5 Å². The van der Waals surface area contributed by atoms with Crippen LogP contribution in [0.5, 0.6) is 0 Å². The minimum Gasteiger partial charge on any atom is -0.347 e. The molecule has 0 aromatic rings. The third kappa shape index (κ3) is 3.20. The number of piperazine rings is 1. The van der Waals surface area contributed by atoms with Gasteiger partial charge in [0, 0.05) is 32.1 Å². The van der Waals surface area contributed by atoms with Crippen molar-refractivity contribution in [3.63, 3.8) is 0 Å². The lowest BCUT2D eigenvalue weighted by Crippen LogP contribution is -2.58. The van der Waals surface area contributed by atoms with Gasteiger partial charge in [0.1, 0.15) is 0 Å². The van der Waals surface area contributed by atoms with Crippen molar-refractivity contribution in [2.45, 2.75) is 32.9 Å². The number of nitrogens with zero attached hydrogens (tertiary/aromatic N) is 1. The van der Waals surface area contributed by atoms with Gasteiger partial charge in [-0.15, -0.1) is 0 Å². The molecule has 2 N–H and O–H groups in total. The average Bonchev–Trinajstić information content (AvgIpc) is 2.18. The van der Waals surface area contributed by atoms with Gasteiger partial charge in [-0.2, -0.15) is 0 Å². The predicted octanol–water partition coefficient (Wildman–Crippen LogP) is -0.669. The standard InChI is InChI=1S/C10H19N3O2/c1-7-8(2)13(5-4-11-7)10(15)6-12-9(3)14/h7-8,11H,4-6H2,1-3H3,(H,12,14). The highest BCUT2D eigenvalue weighted by atomic mass is 16.2. The normalized spacial score (nSPS) is 26.2. The molecule has 2 amide bonds. The van der Waals surface area contributed by atoms with Crippen LogP contribution in [0.1, 0.15) is 20.8 Å². The number of carbonyl (C=O) groups is 2. The maximum absolute atomic E-state index is 11.7. The van der Waals surface area contributed by atoms with Crippen molar-refractivity contribution in [1.29, 1.82) is 0 Å². The summed E-state index contributed by atoms with van der Waals surface area (Å²) in [6.07, 6.45) is 0. The van der Waals surface area contributed by atoms with E-state index < -0.39 is 0 Å². The minimum absolute atomic E-state index is 0.00829. The van der Waals surface area contributed by atoms with Crippen LogP contribution in [0, 0.1) is 0 Å². The summed E-state index contributed by atoms with van der Waals surface area (Å²) in [6.45, 7) is 7.12. The van der Waals surface area contributed by atoms with E-state index in [4.69, 9.17) is 0 Å². The number of amides is 2. The summed E-state index contributed by atoms with van der Waals surface area (Å²) < 4.78 is 0. The van der Waals surface area contributed by atoms with Gasteiger partial charge in [-0.1, -0.05) is 0 Å². The van der Waals surface area contributed by atoms with Gasteiger partial charge in [-0.3, -0.25) is 9.59 Å². The van der Waals surface area contributed by atoms with Crippen molar-refractivity contribution >= 4 is 11.8 Å². The molecule has 1 saturated heterocycles. The molecule has 1 aliphatic heterocycles. The van der Waals surface area contributed by atoms with Gasteiger partial charge in [0.25, 0.3) is 0 Å². The lowest BCUT2D eigenvalue weighted by atomic mass is 10.1. The number of carbonyl (C=O) groups excluding carboxylic acids is 2. The Bertz CT molecular complexity index is 255. The van der Waals surface area contributed by atoms with Crippen molar-refractivity contribution in [3.8, 4) is 0 Å². The smallest absolute Gasteiger partial charge is 0.242 e. The van der Waals surface area contributed by atoms with E-state index in [1.807, 2.05) is 11.8 Å². The first-order chi connectivity index (χ1) is 7.02. The van der Waals surface area contributed by atoms with Crippen molar-refractivity contribution < 1.29 is 9.59 Å². The van der Waals surface area contributed by atoms with Crippen LogP contribution in [0.2, 0.25) is 0 Å². The minimum atomic E-state index is -0.167. The molecule has 0 aliphatic carbocycles. The summed E-state index contributed by atoms with van der Waals surface area (Å²) in [4.78, 5) is 24.2. The predicted molar refractivity (Wildman–Crippen MR) is 57.3 cm³/mol. The summed E-state index contributed by atoms with van der Waals surface area (Å²) in [6, 6.07) is 0.486. The fourth-order valence-electron chi connectivity index (χ4n) is 1.71. The SMILES string of the molecule is CC(=O)NCC(=O)N1CCNC(C)C1C. The second-order valence-electron chi connectivity index (χ2n) is 3.98. The Morgan fingerprint density at radius 3 is 2.73 bits per heavy atom. The summed E-state index contributed by atoms with van der Waals surface area (Å²) >= 11 is 0. The molecule has 1 fully saturated rings. The van der Waals surface area contributed by atoms with Crippen LogP contribution >= 0.6 is 0 Å². The van der Waals surface area contributed by atoms with Crippen LogP contribution < -0.4 is 10.6 Å². The molecule has 1 heterocycles. The number of hydrogen-bond acceptors (Lipinski definition) is 3.